The molecule has 0 bridgehead atoms. The lowest BCUT2D eigenvalue weighted by atomic mass is 10.2. The molecule has 5 heteroatoms. The Kier molecular flexibility index (Phi) is 3.49. The van der Waals surface area contributed by atoms with Gasteiger partial charge in [-0.15, -0.1) is 24.0 Å². The molecule has 0 atom stereocenters. The first-order chi connectivity index (χ1) is 8.06. The number of carbonyl (C=O) groups excluding carboxylic acids is 1. The second kappa shape index (κ2) is 4.89. The number of hydrogen-bond donors (Lipinski definition) is 2. The summed E-state index contributed by atoms with van der Waals surface area (Å²) in [6.45, 7) is 1.75. The Bertz CT molecular complexity index is 565. The zero-order valence-corrected chi connectivity index (χ0v) is 10.7. The fourth-order valence-corrected chi connectivity index (χ4v) is 2.44. The van der Waals surface area contributed by atoms with E-state index in [9.17, 15) is 9.18 Å². The Morgan fingerprint density at radius 1 is 1.41 bits per heavy atom. The monoisotopic (exact) mass is 267 g/mol. The van der Waals surface area contributed by atoms with E-state index in [-0.39, 0.29) is 11.7 Å². The highest BCUT2D eigenvalue weighted by Gasteiger charge is 2.10. The minimum atomic E-state index is -0.311. The number of nitrogens with one attached hydrogen (secondary N) is 1. The number of thiol groups is 1. The van der Waals surface area contributed by atoms with Gasteiger partial charge in [0.15, 0.2) is 0 Å². The van der Waals surface area contributed by atoms with E-state index < -0.39 is 0 Å². The number of rotatable bonds is 2. The minimum Gasteiger partial charge on any atom is -0.321 e. The van der Waals surface area contributed by atoms with Crippen molar-refractivity contribution in [3.63, 3.8) is 0 Å². The third-order valence-electron chi connectivity index (χ3n) is 2.25. The Balaban J connectivity index is 2.18. The highest BCUT2D eigenvalue weighted by Crippen LogP contribution is 2.21. The van der Waals surface area contributed by atoms with Gasteiger partial charge in [-0.05, 0) is 36.8 Å². The zero-order valence-electron chi connectivity index (χ0n) is 9.03. The van der Waals surface area contributed by atoms with Gasteiger partial charge in [-0.2, -0.15) is 0 Å². The van der Waals surface area contributed by atoms with Crippen LogP contribution in [0.5, 0.6) is 0 Å². The summed E-state index contributed by atoms with van der Waals surface area (Å²) >= 11 is 5.46. The maximum atomic E-state index is 12.9. The van der Waals surface area contributed by atoms with E-state index >= 15 is 0 Å². The van der Waals surface area contributed by atoms with Gasteiger partial charge in [0.2, 0.25) is 0 Å². The van der Waals surface area contributed by atoms with Crippen molar-refractivity contribution in [1.82, 2.24) is 0 Å². The molecule has 17 heavy (non-hydrogen) atoms. The third-order valence-corrected chi connectivity index (χ3v) is 3.61. The zero-order chi connectivity index (χ0) is 12.4. The molecule has 0 aliphatic rings. The number of benzene rings is 1. The van der Waals surface area contributed by atoms with Gasteiger partial charge in [-0.25, -0.2) is 4.39 Å². The fraction of sp³-hybridized carbons (Fsp3) is 0.0833. The van der Waals surface area contributed by atoms with Gasteiger partial charge in [0.25, 0.3) is 5.91 Å². The number of hydrogen-bond acceptors (Lipinski definition) is 3. The molecule has 0 aliphatic carbocycles. The Morgan fingerprint density at radius 3 is 2.76 bits per heavy atom. The van der Waals surface area contributed by atoms with Crippen LogP contribution in [0.15, 0.2) is 34.5 Å². The van der Waals surface area contributed by atoms with Crippen LogP contribution < -0.4 is 5.32 Å². The topological polar surface area (TPSA) is 29.1 Å². The smallest absolute Gasteiger partial charge is 0.265 e. The van der Waals surface area contributed by atoms with Gasteiger partial charge >= 0.3 is 0 Å². The van der Waals surface area contributed by atoms with Crippen molar-refractivity contribution in [1.29, 1.82) is 0 Å². The van der Waals surface area contributed by atoms with Crippen LogP contribution in [0.1, 0.15) is 15.2 Å². The summed E-state index contributed by atoms with van der Waals surface area (Å²) in [7, 11) is 0. The highest BCUT2D eigenvalue weighted by atomic mass is 32.1. The van der Waals surface area contributed by atoms with Crippen LogP contribution in [0.2, 0.25) is 0 Å². The molecule has 0 saturated heterocycles. The molecule has 88 valence electrons. The van der Waals surface area contributed by atoms with Crippen molar-refractivity contribution >= 4 is 35.6 Å². The molecule has 0 radical (unpaired) electrons. The van der Waals surface area contributed by atoms with Crippen molar-refractivity contribution in [2.24, 2.45) is 0 Å². The van der Waals surface area contributed by atoms with E-state index in [1.165, 1.54) is 23.5 Å². The SMILES string of the molecule is Cc1cc(F)ccc1NC(=O)c1cc(S)cs1. The number of carbonyl (C=O) groups is 1. The lowest BCUT2D eigenvalue weighted by molar-refractivity contribution is 0.103. The summed E-state index contributed by atoms with van der Waals surface area (Å²) < 4.78 is 12.9. The molecule has 0 unspecified atom stereocenters. The third kappa shape index (κ3) is 2.87. The second-order valence-corrected chi connectivity index (χ2v) is 5.01. The average molecular weight is 267 g/mol. The van der Waals surface area contributed by atoms with Crippen LogP contribution in [-0.4, -0.2) is 5.91 Å². The van der Waals surface area contributed by atoms with Crippen LogP contribution in [0, 0.1) is 12.7 Å². The van der Waals surface area contributed by atoms with Gasteiger partial charge in [-0.1, -0.05) is 0 Å². The quantitative estimate of drug-likeness (QED) is 0.797. The Labute approximate surface area is 108 Å². The number of anilines is 1. The van der Waals surface area contributed by atoms with Crippen LogP contribution in [0.4, 0.5) is 10.1 Å². The summed E-state index contributed by atoms with van der Waals surface area (Å²) in [5.74, 6) is -0.515. The maximum absolute atomic E-state index is 12.9. The lowest BCUT2D eigenvalue weighted by Crippen LogP contribution is -2.11. The van der Waals surface area contributed by atoms with E-state index in [0.29, 0.717) is 16.1 Å². The first-order valence-corrected chi connectivity index (χ1v) is 6.24. The molecule has 0 fully saturated rings. The van der Waals surface area contributed by atoms with Crippen molar-refractivity contribution in [3.8, 4) is 0 Å². The lowest BCUT2D eigenvalue weighted by Gasteiger charge is -2.06. The second-order valence-electron chi connectivity index (χ2n) is 3.58. The molecule has 2 rings (SSSR count). The first kappa shape index (κ1) is 12.1. The van der Waals surface area contributed by atoms with Crippen LogP contribution in [0.25, 0.3) is 0 Å². The van der Waals surface area contributed by atoms with Crippen molar-refractivity contribution in [2.45, 2.75) is 11.8 Å². The molecule has 2 nitrogen and oxygen atoms in total. The molecule has 1 aromatic heterocycles. The Morgan fingerprint density at radius 2 is 2.18 bits per heavy atom. The summed E-state index contributed by atoms with van der Waals surface area (Å²) in [5.41, 5.74) is 1.31. The normalized spacial score (nSPS) is 10.3. The molecular weight excluding hydrogens is 257 g/mol. The average Bonchev–Trinajstić information content (AvgIpc) is 2.69. The van der Waals surface area contributed by atoms with E-state index in [0.717, 1.165) is 4.90 Å². The van der Waals surface area contributed by atoms with Crippen molar-refractivity contribution < 1.29 is 9.18 Å². The molecule has 0 saturated carbocycles. The minimum absolute atomic E-state index is 0.204. The molecule has 1 amide bonds. The molecule has 0 aliphatic heterocycles. The predicted octanol–water partition coefficient (Wildman–Crippen LogP) is 3.74. The van der Waals surface area contributed by atoms with E-state index in [1.807, 2.05) is 0 Å². The summed E-state index contributed by atoms with van der Waals surface area (Å²) in [6.07, 6.45) is 0. The molecule has 1 heterocycles. The predicted molar refractivity (Wildman–Crippen MR) is 70.7 cm³/mol. The molecule has 1 N–H and O–H groups in total. The van der Waals surface area contributed by atoms with Gasteiger partial charge in [0.05, 0.1) is 4.88 Å². The number of thiophene rings is 1. The van der Waals surface area contributed by atoms with E-state index in [4.69, 9.17) is 0 Å². The Hall–Kier alpha value is -1.33. The molecule has 0 spiro atoms. The summed E-state index contributed by atoms with van der Waals surface area (Å²) in [4.78, 5) is 13.2. The van der Waals surface area contributed by atoms with E-state index in [1.54, 1.807) is 24.4 Å². The number of amides is 1. The molecular formula is C12H10FNOS2. The number of aryl methyl sites for hydroxylation is 1. The van der Waals surface area contributed by atoms with Gasteiger partial charge in [0, 0.05) is 16.0 Å². The molecule has 1 aromatic carbocycles. The molecule has 2 aromatic rings. The van der Waals surface area contributed by atoms with Crippen LogP contribution >= 0.6 is 24.0 Å². The van der Waals surface area contributed by atoms with Gasteiger partial charge in [0.1, 0.15) is 5.82 Å². The first-order valence-electron chi connectivity index (χ1n) is 4.91. The van der Waals surface area contributed by atoms with Crippen molar-refractivity contribution in [2.75, 3.05) is 5.32 Å². The standard InChI is InChI=1S/C12H10FNOS2/c1-7-4-8(13)2-3-10(7)14-12(15)11-5-9(16)6-17-11/h2-6,16H,1H3,(H,14,15). The maximum Gasteiger partial charge on any atom is 0.265 e. The van der Waals surface area contributed by atoms with Crippen LogP contribution in [0.3, 0.4) is 0 Å². The van der Waals surface area contributed by atoms with Crippen molar-refractivity contribution in [3.05, 3.63) is 45.9 Å². The summed E-state index contributed by atoms with van der Waals surface area (Å²) in [5, 5.41) is 4.53. The number of halogens is 1. The van der Waals surface area contributed by atoms with Gasteiger partial charge < -0.3 is 5.32 Å². The summed E-state index contributed by atoms with van der Waals surface area (Å²) in [6, 6.07) is 5.95. The largest absolute Gasteiger partial charge is 0.321 e. The highest BCUT2D eigenvalue weighted by molar-refractivity contribution is 7.80. The van der Waals surface area contributed by atoms with Gasteiger partial charge in [-0.3, -0.25) is 4.79 Å². The van der Waals surface area contributed by atoms with E-state index in [2.05, 4.69) is 17.9 Å². The van der Waals surface area contributed by atoms with Crippen LogP contribution in [-0.2, 0) is 0 Å². The fourth-order valence-electron chi connectivity index (χ4n) is 1.40.